The lowest BCUT2D eigenvalue weighted by Gasteiger charge is -2.28. The smallest absolute Gasteiger partial charge is 0.243 e. The summed E-state index contributed by atoms with van der Waals surface area (Å²) in [5, 5.41) is 15.2. The second-order valence-corrected chi connectivity index (χ2v) is 10.7. The van der Waals surface area contributed by atoms with Gasteiger partial charge in [-0.15, -0.1) is 0 Å². The highest BCUT2D eigenvalue weighted by Gasteiger charge is 2.37. The molecule has 3 aromatic rings. The second-order valence-electron chi connectivity index (χ2n) is 10.7. The van der Waals surface area contributed by atoms with E-state index in [4.69, 9.17) is 5.73 Å². The fraction of sp³-hybridized carbons (Fsp3) is 0.333. The molecule has 42 heavy (non-hydrogen) atoms. The van der Waals surface area contributed by atoms with Gasteiger partial charge in [-0.1, -0.05) is 72.8 Å². The lowest BCUT2D eigenvalue weighted by Crippen LogP contribution is -2.56. The monoisotopic (exact) mass is 570 g/mol. The highest BCUT2D eigenvalue weighted by Crippen LogP contribution is 2.20. The van der Waals surface area contributed by atoms with E-state index >= 15 is 0 Å². The third-order valence-corrected chi connectivity index (χ3v) is 7.41. The van der Waals surface area contributed by atoms with Gasteiger partial charge in [0.2, 0.25) is 17.7 Å². The van der Waals surface area contributed by atoms with Crippen LogP contribution in [0.25, 0.3) is 0 Å². The predicted octanol–water partition coefficient (Wildman–Crippen LogP) is 2.30. The van der Waals surface area contributed by atoms with Gasteiger partial charge in [-0.3, -0.25) is 19.2 Å². The van der Waals surface area contributed by atoms with Crippen molar-refractivity contribution < 1.29 is 24.3 Å². The van der Waals surface area contributed by atoms with Crippen molar-refractivity contribution in [1.29, 1.82) is 0 Å². The van der Waals surface area contributed by atoms with Crippen LogP contribution in [0.1, 0.15) is 36.0 Å². The fourth-order valence-electron chi connectivity index (χ4n) is 5.18. The number of benzene rings is 3. The number of nitrogens with two attached hydrogens (primary N) is 1. The molecule has 3 aromatic carbocycles. The van der Waals surface area contributed by atoms with Gasteiger partial charge in [0.05, 0.1) is 6.04 Å². The Morgan fingerprint density at radius 3 is 2.14 bits per heavy atom. The summed E-state index contributed by atoms with van der Waals surface area (Å²) in [5.74, 6) is -0.994. The fourth-order valence-corrected chi connectivity index (χ4v) is 5.18. The zero-order chi connectivity index (χ0) is 29.9. The lowest BCUT2D eigenvalue weighted by molar-refractivity contribution is -0.140. The van der Waals surface area contributed by atoms with Crippen molar-refractivity contribution in [2.75, 3.05) is 13.1 Å². The molecule has 1 fully saturated rings. The van der Waals surface area contributed by atoms with Crippen LogP contribution in [-0.2, 0) is 38.4 Å². The maximum atomic E-state index is 13.5. The van der Waals surface area contributed by atoms with Crippen LogP contribution in [0.4, 0.5) is 0 Å². The Bertz CT molecular complexity index is 1350. The van der Waals surface area contributed by atoms with E-state index in [0.29, 0.717) is 25.8 Å². The van der Waals surface area contributed by atoms with Gasteiger partial charge in [0.1, 0.15) is 23.6 Å². The molecule has 1 heterocycles. The molecule has 1 saturated heterocycles. The topological polar surface area (TPSA) is 142 Å². The summed E-state index contributed by atoms with van der Waals surface area (Å²) in [4.78, 5) is 53.8. The zero-order valence-electron chi connectivity index (χ0n) is 23.6. The summed E-state index contributed by atoms with van der Waals surface area (Å²) < 4.78 is 0. The number of nitrogens with one attached hydrogen (secondary N) is 2. The van der Waals surface area contributed by atoms with Crippen LogP contribution >= 0.6 is 0 Å². The summed E-state index contributed by atoms with van der Waals surface area (Å²) >= 11 is 0. The number of aromatic hydroxyl groups is 1. The van der Waals surface area contributed by atoms with Crippen LogP contribution in [0.5, 0.6) is 5.75 Å². The number of rotatable bonds is 13. The molecule has 0 aliphatic carbocycles. The largest absolute Gasteiger partial charge is 0.508 e. The molecular formula is C33H38N4O5. The maximum absolute atomic E-state index is 13.5. The number of ketones is 1. The lowest BCUT2D eigenvalue weighted by atomic mass is 10.0. The Balaban J connectivity index is 1.36. The first-order valence-electron chi connectivity index (χ1n) is 14.3. The number of hydrogen-bond acceptors (Lipinski definition) is 6. The van der Waals surface area contributed by atoms with E-state index in [1.54, 1.807) is 12.1 Å². The molecule has 4 rings (SSSR count). The summed E-state index contributed by atoms with van der Waals surface area (Å²) in [6.45, 7) is 0.561. The van der Waals surface area contributed by atoms with Gasteiger partial charge in [0, 0.05) is 32.4 Å². The van der Waals surface area contributed by atoms with Crippen molar-refractivity contribution in [1.82, 2.24) is 15.5 Å². The number of likely N-dealkylation sites (tertiary alicyclic amines) is 1. The van der Waals surface area contributed by atoms with E-state index in [-0.39, 0.29) is 49.2 Å². The molecular weight excluding hydrogens is 532 g/mol. The van der Waals surface area contributed by atoms with E-state index in [0.717, 1.165) is 16.7 Å². The van der Waals surface area contributed by atoms with Gasteiger partial charge in [0.15, 0.2) is 0 Å². The predicted molar refractivity (Wildman–Crippen MR) is 159 cm³/mol. The van der Waals surface area contributed by atoms with Gasteiger partial charge < -0.3 is 26.4 Å². The molecule has 3 amide bonds. The number of Topliss-reactive ketones (excluding diaryl/α,β-unsaturated/α-hetero) is 1. The summed E-state index contributed by atoms with van der Waals surface area (Å²) in [6, 6.07) is 22.8. The number of phenolic OH excluding ortho intramolecular Hbond substituents is 1. The maximum Gasteiger partial charge on any atom is 0.243 e. The van der Waals surface area contributed by atoms with Gasteiger partial charge in [-0.05, 0) is 48.1 Å². The molecule has 1 aliphatic heterocycles. The van der Waals surface area contributed by atoms with Crippen LogP contribution in [0.3, 0.4) is 0 Å². The second kappa shape index (κ2) is 14.9. The average Bonchev–Trinajstić information content (AvgIpc) is 3.49. The SMILES string of the molecule is N[C@@H](Cc1ccc(O)cc1)C(=O)N1CCC[C@H]1C(=O)N[C@@H](Cc1ccccc1)C(=O)NCCC(=O)Cc1ccccc1. The van der Waals surface area contributed by atoms with Gasteiger partial charge in [-0.25, -0.2) is 0 Å². The van der Waals surface area contributed by atoms with Gasteiger partial charge >= 0.3 is 0 Å². The van der Waals surface area contributed by atoms with E-state index in [2.05, 4.69) is 10.6 Å². The molecule has 0 spiro atoms. The first-order valence-corrected chi connectivity index (χ1v) is 14.3. The minimum atomic E-state index is -0.882. The minimum absolute atomic E-state index is 0.00824. The molecule has 0 saturated carbocycles. The van der Waals surface area contributed by atoms with Crippen molar-refractivity contribution in [3.05, 3.63) is 102 Å². The summed E-state index contributed by atoms with van der Waals surface area (Å²) in [7, 11) is 0. The molecule has 3 atom stereocenters. The Hall–Kier alpha value is -4.50. The van der Waals surface area contributed by atoms with Crippen LogP contribution in [0.2, 0.25) is 0 Å². The number of carbonyl (C=O) groups excluding carboxylic acids is 4. The van der Waals surface area contributed by atoms with Crippen LogP contribution in [0, 0.1) is 0 Å². The number of amides is 3. The van der Waals surface area contributed by atoms with E-state index in [1.807, 2.05) is 60.7 Å². The molecule has 9 nitrogen and oxygen atoms in total. The normalized spacial score (nSPS) is 15.9. The Morgan fingerprint density at radius 2 is 1.48 bits per heavy atom. The van der Waals surface area contributed by atoms with E-state index < -0.39 is 24.0 Å². The Kier molecular flexibility index (Phi) is 10.8. The molecule has 220 valence electrons. The molecule has 0 aromatic heterocycles. The number of hydrogen-bond donors (Lipinski definition) is 4. The molecule has 0 bridgehead atoms. The number of carbonyl (C=O) groups is 4. The molecule has 0 radical (unpaired) electrons. The zero-order valence-corrected chi connectivity index (χ0v) is 23.6. The average molecular weight is 571 g/mol. The molecule has 0 unspecified atom stereocenters. The van der Waals surface area contributed by atoms with E-state index in [1.165, 1.54) is 17.0 Å². The van der Waals surface area contributed by atoms with Crippen molar-refractivity contribution >= 4 is 23.5 Å². The summed E-state index contributed by atoms with van der Waals surface area (Å²) in [5.41, 5.74) is 8.82. The van der Waals surface area contributed by atoms with E-state index in [9.17, 15) is 24.3 Å². The third-order valence-electron chi connectivity index (χ3n) is 7.41. The van der Waals surface area contributed by atoms with Crippen molar-refractivity contribution in [2.24, 2.45) is 5.73 Å². The molecule has 9 heteroatoms. The Labute approximate surface area is 246 Å². The molecule has 5 N–H and O–H groups in total. The first-order chi connectivity index (χ1) is 20.3. The van der Waals surface area contributed by atoms with Crippen molar-refractivity contribution in [3.63, 3.8) is 0 Å². The van der Waals surface area contributed by atoms with Crippen LogP contribution < -0.4 is 16.4 Å². The van der Waals surface area contributed by atoms with Crippen LogP contribution in [-0.4, -0.2) is 64.7 Å². The van der Waals surface area contributed by atoms with Crippen LogP contribution in [0.15, 0.2) is 84.9 Å². The highest BCUT2D eigenvalue weighted by atomic mass is 16.3. The Morgan fingerprint density at radius 1 is 0.857 bits per heavy atom. The summed E-state index contributed by atoms with van der Waals surface area (Å²) in [6.07, 6.45) is 2.12. The van der Waals surface area contributed by atoms with Crippen molar-refractivity contribution in [3.8, 4) is 5.75 Å². The standard InChI is InChI=1S/C33H38N4O5/c34-28(21-25-13-15-26(38)16-14-25)33(42)37-19-7-12-30(37)32(41)36-29(22-24-10-5-2-6-11-24)31(40)35-18-17-27(39)20-23-8-3-1-4-9-23/h1-6,8-11,13-16,28-30,38H,7,12,17-22,34H2,(H,35,40)(H,36,41)/t28-,29-,30-/m0/s1. The first kappa shape index (κ1) is 30.5. The van der Waals surface area contributed by atoms with Crippen molar-refractivity contribution in [2.45, 2.75) is 56.7 Å². The number of nitrogens with zero attached hydrogens (tertiary/aromatic N) is 1. The highest BCUT2D eigenvalue weighted by molar-refractivity contribution is 5.93. The minimum Gasteiger partial charge on any atom is -0.508 e. The van der Waals surface area contributed by atoms with Gasteiger partial charge in [0.25, 0.3) is 0 Å². The quantitative estimate of drug-likeness (QED) is 0.249. The third kappa shape index (κ3) is 8.75. The number of phenols is 1. The van der Waals surface area contributed by atoms with Gasteiger partial charge in [-0.2, -0.15) is 0 Å². The molecule has 1 aliphatic rings.